The molecule has 0 bridgehead atoms. The molecule has 8 heavy (non-hydrogen) atoms. The van der Waals surface area contributed by atoms with Crippen LogP contribution in [0.2, 0.25) is 0 Å². The second kappa shape index (κ2) is 2.40. The lowest BCUT2D eigenvalue weighted by Gasteiger charge is -1.96. The molecule has 1 atom stereocenters. The Labute approximate surface area is 54.5 Å². The highest BCUT2D eigenvalue weighted by atomic mass is 32.2. The molecule has 1 fully saturated rings. The molecule has 0 aliphatic carbocycles. The Balaban J connectivity index is 0.000000640. The van der Waals surface area contributed by atoms with Crippen LogP contribution in [0, 0.1) is 0 Å². The second-order valence-electron chi connectivity index (χ2n) is 1.82. The number of rotatable bonds is 1. The van der Waals surface area contributed by atoms with Crippen molar-refractivity contribution in [2.45, 2.75) is 18.6 Å². The van der Waals surface area contributed by atoms with E-state index in [0.29, 0.717) is 5.25 Å². The van der Waals surface area contributed by atoms with E-state index in [1.165, 1.54) is 11.8 Å². The quantitative estimate of drug-likeness (QED) is 0.587. The van der Waals surface area contributed by atoms with Crippen LogP contribution in [0.15, 0.2) is 0 Å². The average molecular weight is 133 g/mol. The molecule has 1 rings (SSSR count). The van der Waals surface area contributed by atoms with E-state index < -0.39 is 0 Å². The summed E-state index contributed by atoms with van der Waals surface area (Å²) in [5, 5.41) is 3.41. The van der Waals surface area contributed by atoms with Gasteiger partial charge in [0.05, 0.1) is 0 Å². The van der Waals surface area contributed by atoms with Crippen molar-refractivity contribution in [1.82, 2.24) is 5.32 Å². The van der Waals surface area contributed by atoms with Crippen molar-refractivity contribution in [2.24, 2.45) is 0 Å². The number of hydrogen-bond acceptors (Lipinski definition) is 2. The minimum absolute atomic E-state index is 0. The first kappa shape index (κ1) is 5.95. The second-order valence-corrected chi connectivity index (χ2v) is 3.09. The summed E-state index contributed by atoms with van der Waals surface area (Å²) in [4.78, 5) is 10.5. The van der Waals surface area contributed by atoms with Gasteiger partial charge < -0.3 is 5.32 Å². The molecule has 0 aromatic carbocycles. The van der Waals surface area contributed by atoms with Gasteiger partial charge in [-0.15, -0.1) is 0 Å². The van der Waals surface area contributed by atoms with Gasteiger partial charge in [-0.25, -0.2) is 0 Å². The first-order valence-corrected chi connectivity index (χ1v) is 3.65. The summed E-state index contributed by atoms with van der Waals surface area (Å²) in [5.74, 6) is 0. The summed E-state index contributed by atoms with van der Waals surface area (Å²) in [5.41, 5.74) is 0. The van der Waals surface area contributed by atoms with Crippen LogP contribution in [0.5, 0.6) is 0 Å². The lowest BCUT2D eigenvalue weighted by molar-refractivity contribution is 0.262. The Hall–Kier alpha value is -0.180. The molecule has 1 heterocycles. The van der Waals surface area contributed by atoms with Crippen molar-refractivity contribution in [2.75, 3.05) is 6.54 Å². The van der Waals surface area contributed by atoms with Gasteiger partial charge in [0.1, 0.15) is 0 Å². The van der Waals surface area contributed by atoms with E-state index in [4.69, 9.17) is 0 Å². The predicted octanol–water partition coefficient (Wildman–Crippen LogP) is 1.47. The first-order chi connectivity index (χ1) is 3.83. The monoisotopic (exact) mass is 133 g/mol. The zero-order chi connectivity index (χ0) is 5.98. The number of hydrogen-bond donors (Lipinski definition) is 1. The largest absolute Gasteiger partial charge is 0.346 e. The molecule has 0 saturated carbocycles. The fourth-order valence-corrected chi connectivity index (χ4v) is 1.46. The number of carbonyl (C=O) groups excluding carboxylic acids is 1. The molecule has 2 nitrogen and oxygen atoms in total. The van der Waals surface area contributed by atoms with Gasteiger partial charge in [-0.2, -0.15) is 0 Å². The van der Waals surface area contributed by atoms with E-state index in [1.807, 2.05) is 0 Å². The third-order valence-corrected chi connectivity index (χ3v) is 2.39. The zero-order valence-electron chi connectivity index (χ0n) is 4.81. The topological polar surface area (TPSA) is 29.1 Å². The van der Waals surface area contributed by atoms with E-state index in [9.17, 15) is 4.79 Å². The predicted molar refractivity (Wildman–Crippen MR) is 37.2 cm³/mol. The molecule has 3 heteroatoms. The molecule has 1 unspecified atom stereocenters. The molecule has 1 N–H and O–H groups in total. The summed E-state index contributed by atoms with van der Waals surface area (Å²) in [7, 11) is 0. The molecule has 1 amide bonds. The Morgan fingerprint density at radius 1 is 2.12 bits per heavy atom. The number of nitrogens with one attached hydrogen (secondary N) is 1. The summed E-state index contributed by atoms with van der Waals surface area (Å²) >= 11 is 1.42. The van der Waals surface area contributed by atoms with Gasteiger partial charge in [-0.05, 0) is 6.42 Å². The van der Waals surface area contributed by atoms with Crippen LogP contribution in [0.4, 0.5) is 4.79 Å². The molecule has 1 aliphatic heterocycles. The van der Waals surface area contributed by atoms with Gasteiger partial charge in [0.15, 0.2) is 0 Å². The Bertz CT molecular complexity index is 109. The number of thioether (sulfide) groups is 1. The van der Waals surface area contributed by atoms with E-state index >= 15 is 0 Å². The fraction of sp³-hybridized carbons (Fsp3) is 0.800. The van der Waals surface area contributed by atoms with Crippen LogP contribution >= 0.6 is 11.8 Å². The van der Waals surface area contributed by atoms with Crippen LogP contribution in [0.3, 0.4) is 0 Å². The highest BCUT2D eigenvalue weighted by Crippen LogP contribution is 2.19. The van der Waals surface area contributed by atoms with Crippen LogP contribution in [-0.2, 0) is 0 Å². The third-order valence-electron chi connectivity index (χ3n) is 1.20. The third kappa shape index (κ3) is 1.15. The summed E-state index contributed by atoms with van der Waals surface area (Å²) in [6.07, 6.45) is 1.09. The van der Waals surface area contributed by atoms with Crippen molar-refractivity contribution < 1.29 is 6.22 Å². The van der Waals surface area contributed by atoms with Crippen molar-refractivity contribution in [3.63, 3.8) is 0 Å². The highest BCUT2D eigenvalue weighted by molar-refractivity contribution is 8.14. The SMILES string of the molecule is CCC1CNC(=O)S1.[HH]. The highest BCUT2D eigenvalue weighted by Gasteiger charge is 2.19. The molecule has 0 radical (unpaired) electrons. The molecular formula is C5H11NOS. The fourth-order valence-electron chi connectivity index (χ4n) is 0.660. The minimum Gasteiger partial charge on any atom is -0.346 e. The lowest BCUT2D eigenvalue weighted by atomic mass is 10.3. The molecule has 0 spiro atoms. The maximum Gasteiger partial charge on any atom is 0.279 e. The minimum atomic E-state index is 0. The Kier molecular flexibility index (Phi) is 1.78. The van der Waals surface area contributed by atoms with E-state index in [-0.39, 0.29) is 6.67 Å². The van der Waals surface area contributed by atoms with Crippen LogP contribution in [0.25, 0.3) is 0 Å². The Morgan fingerprint density at radius 3 is 3.12 bits per heavy atom. The first-order valence-electron chi connectivity index (χ1n) is 2.77. The van der Waals surface area contributed by atoms with Crippen molar-refractivity contribution in [3.8, 4) is 0 Å². The van der Waals surface area contributed by atoms with E-state index in [2.05, 4.69) is 12.2 Å². The van der Waals surface area contributed by atoms with E-state index in [1.54, 1.807) is 0 Å². The van der Waals surface area contributed by atoms with Gasteiger partial charge in [0.25, 0.3) is 5.24 Å². The van der Waals surface area contributed by atoms with Gasteiger partial charge in [0.2, 0.25) is 0 Å². The standard InChI is InChI=1S/C5H9NOS.H2/c1-2-4-3-6-5(7)8-4;/h4H,2-3H2,1H3,(H,6,7);1H. The van der Waals surface area contributed by atoms with Crippen molar-refractivity contribution in [3.05, 3.63) is 0 Å². The van der Waals surface area contributed by atoms with Crippen molar-refractivity contribution >= 4 is 17.0 Å². The zero-order valence-corrected chi connectivity index (χ0v) is 5.62. The molecule has 0 aromatic heterocycles. The van der Waals surface area contributed by atoms with Gasteiger partial charge in [0, 0.05) is 13.2 Å². The van der Waals surface area contributed by atoms with Gasteiger partial charge in [-0.3, -0.25) is 4.79 Å². The molecule has 48 valence electrons. The smallest absolute Gasteiger partial charge is 0.279 e. The lowest BCUT2D eigenvalue weighted by Crippen LogP contribution is -2.13. The van der Waals surface area contributed by atoms with Gasteiger partial charge in [-0.1, -0.05) is 18.7 Å². The van der Waals surface area contributed by atoms with E-state index in [0.717, 1.165) is 13.0 Å². The van der Waals surface area contributed by atoms with Crippen molar-refractivity contribution in [1.29, 1.82) is 0 Å². The van der Waals surface area contributed by atoms with Crippen LogP contribution in [-0.4, -0.2) is 17.0 Å². The summed E-state index contributed by atoms with van der Waals surface area (Å²) in [6, 6.07) is 0. The maximum absolute atomic E-state index is 10.5. The molecule has 1 saturated heterocycles. The number of amides is 1. The number of carbonyl (C=O) groups is 1. The average Bonchev–Trinajstić information content (AvgIpc) is 2.14. The van der Waals surface area contributed by atoms with Crippen LogP contribution < -0.4 is 5.32 Å². The normalized spacial score (nSPS) is 28.1. The summed E-state index contributed by atoms with van der Waals surface area (Å²) < 4.78 is 0. The maximum atomic E-state index is 10.5. The van der Waals surface area contributed by atoms with Gasteiger partial charge >= 0.3 is 0 Å². The molecule has 0 aromatic rings. The Morgan fingerprint density at radius 2 is 2.88 bits per heavy atom. The molecule has 1 aliphatic rings. The molecular weight excluding hydrogens is 122 g/mol. The summed E-state index contributed by atoms with van der Waals surface area (Å²) in [6.45, 7) is 2.96. The van der Waals surface area contributed by atoms with Crippen LogP contribution in [0.1, 0.15) is 14.8 Å².